The Bertz CT molecular complexity index is 834. The van der Waals surface area contributed by atoms with Gasteiger partial charge in [0.1, 0.15) is 12.3 Å². The molecule has 2 aromatic heterocycles. The molecule has 6 heteroatoms. The first-order valence-electron chi connectivity index (χ1n) is 6.79. The second kappa shape index (κ2) is 5.85. The zero-order valence-corrected chi connectivity index (χ0v) is 12.3. The van der Waals surface area contributed by atoms with Gasteiger partial charge >= 0.3 is 0 Å². The van der Waals surface area contributed by atoms with Crippen molar-refractivity contribution >= 4 is 0 Å². The van der Waals surface area contributed by atoms with Gasteiger partial charge in [0.15, 0.2) is 0 Å². The standard InChI is InChI=1S/C16H15N3O3/c1-11-7-8-19(15(20)9-11)10-14-17-18-16(22-14)12-3-5-13(21-2)6-4-12/h3-9H,10H2,1-2H3. The number of aromatic nitrogens is 3. The van der Waals surface area contributed by atoms with E-state index < -0.39 is 0 Å². The summed E-state index contributed by atoms with van der Waals surface area (Å²) in [5, 5.41) is 8.00. The molecule has 0 spiro atoms. The molecule has 0 saturated heterocycles. The van der Waals surface area contributed by atoms with Crippen molar-refractivity contribution < 1.29 is 9.15 Å². The van der Waals surface area contributed by atoms with E-state index in [2.05, 4.69) is 10.2 Å². The van der Waals surface area contributed by atoms with Gasteiger partial charge < -0.3 is 13.7 Å². The molecule has 22 heavy (non-hydrogen) atoms. The maximum atomic E-state index is 11.9. The van der Waals surface area contributed by atoms with Crippen LogP contribution < -0.4 is 10.3 Å². The van der Waals surface area contributed by atoms with Crippen LogP contribution in [-0.2, 0) is 6.54 Å². The molecule has 112 valence electrons. The Labute approximate surface area is 127 Å². The van der Waals surface area contributed by atoms with E-state index in [0.29, 0.717) is 11.8 Å². The number of methoxy groups -OCH3 is 1. The number of benzene rings is 1. The van der Waals surface area contributed by atoms with Crippen molar-refractivity contribution in [2.45, 2.75) is 13.5 Å². The Hall–Kier alpha value is -2.89. The molecule has 0 aliphatic heterocycles. The van der Waals surface area contributed by atoms with Crippen LogP contribution in [0.1, 0.15) is 11.5 Å². The van der Waals surface area contributed by atoms with Crippen molar-refractivity contribution in [3.8, 4) is 17.2 Å². The lowest BCUT2D eigenvalue weighted by Crippen LogP contribution is -2.19. The molecule has 0 N–H and O–H groups in total. The average Bonchev–Trinajstić information content (AvgIpc) is 2.99. The molecule has 0 atom stereocenters. The Morgan fingerprint density at radius 3 is 2.64 bits per heavy atom. The van der Waals surface area contributed by atoms with E-state index in [-0.39, 0.29) is 12.1 Å². The van der Waals surface area contributed by atoms with E-state index in [4.69, 9.17) is 9.15 Å². The molecule has 0 aliphatic rings. The summed E-state index contributed by atoms with van der Waals surface area (Å²) in [4.78, 5) is 11.9. The fourth-order valence-electron chi connectivity index (χ4n) is 2.05. The third kappa shape index (κ3) is 2.90. The molecule has 0 fully saturated rings. The molecule has 1 aromatic carbocycles. The Morgan fingerprint density at radius 1 is 1.18 bits per heavy atom. The highest BCUT2D eigenvalue weighted by Gasteiger charge is 2.09. The molecule has 3 rings (SSSR count). The minimum Gasteiger partial charge on any atom is -0.497 e. The molecule has 0 unspecified atom stereocenters. The van der Waals surface area contributed by atoms with Gasteiger partial charge in [-0.25, -0.2) is 0 Å². The second-order valence-corrected chi connectivity index (χ2v) is 4.90. The van der Waals surface area contributed by atoms with Gasteiger partial charge in [-0.3, -0.25) is 4.79 Å². The van der Waals surface area contributed by atoms with Crippen LogP contribution in [-0.4, -0.2) is 21.9 Å². The molecule has 0 bridgehead atoms. The van der Waals surface area contributed by atoms with E-state index >= 15 is 0 Å². The van der Waals surface area contributed by atoms with Gasteiger partial charge in [-0.2, -0.15) is 0 Å². The summed E-state index contributed by atoms with van der Waals surface area (Å²) in [5.41, 5.74) is 1.63. The van der Waals surface area contributed by atoms with E-state index in [0.717, 1.165) is 16.9 Å². The van der Waals surface area contributed by atoms with E-state index in [1.54, 1.807) is 19.4 Å². The summed E-state index contributed by atoms with van der Waals surface area (Å²) in [6.45, 7) is 2.13. The first-order chi connectivity index (χ1) is 10.7. The smallest absolute Gasteiger partial charge is 0.251 e. The maximum absolute atomic E-state index is 11.9. The SMILES string of the molecule is COc1ccc(-c2nnc(Cn3ccc(C)cc3=O)o2)cc1. The summed E-state index contributed by atoms with van der Waals surface area (Å²) < 4.78 is 12.2. The largest absolute Gasteiger partial charge is 0.497 e. The summed E-state index contributed by atoms with van der Waals surface area (Å²) >= 11 is 0. The molecule has 2 heterocycles. The van der Waals surface area contributed by atoms with Crippen LogP contribution in [0.4, 0.5) is 0 Å². The predicted octanol–water partition coefficient (Wildman–Crippen LogP) is 2.26. The van der Waals surface area contributed by atoms with Crippen molar-refractivity contribution in [1.29, 1.82) is 0 Å². The molecule has 3 aromatic rings. The van der Waals surface area contributed by atoms with Crippen molar-refractivity contribution in [3.63, 3.8) is 0 Å². The Morgan fingerprint density at radius 2 is 1.95 bits per heavy atom. The monoisotopic (exact) mass is 297 g/mol. The van der Waals surface area contributed by atoms with E-state index in [1.165, 1.54) is 4.57 Å². The number of aryl methyl sites for hydroxylation is 1. The lowest BCUT2D eigenvalue weighted by atomic mass is 10.2. The van der Waals surface area contributed by atoms with Crippen molar-refractivity contribution in [1.82, 2.24) is 14.8 Å². The number of hydrogen-bond acceptors (Lipinski definition) is 5. The number of ether oxygens (including phenoxy) is 1. The highest BCUT2D eigenvalue weighted by atomic mass is 16.5. The highest BCUT2D eigenvalue weighted by molar-refractivity contribution is 5.53. The van der Waals surface area contributed by atoms with E-state index in [1.807, 2.05) is 37.3 Å². The molecule has 0 saturated carbocycles. The minimum absolute atomic E-state index is 0.0933. The van der Waals surface area contributed by atoms with Gasteiger partial charge in [0, 0.05) is 17.8 Å². The predicted molar refractivity (Wildman–Crippen MR) is 80.8 cm³/mol. The van der Waals surface area contributed by atoms with Gasteiger partial charge in [-0.15, -0.1) is 10.2 Å². The molecule has 0 aliphatic carbocycles. The Kier molecular flexibility index (Phi) is 3.74. The summed E-state index contributed by atoms with van der Waals surface area (Å²) in [7, 11) is 1.61. The normalized spacial score (nSPS) is 10.6. The molecule has 6 nitrogen and oxygen atoms in total. The molecule has 0 amide bonds. The van der Waals surface area contributed by atoms with Crippen molar-refractivity contribution in [2.24, 2.45) is 0 Å². The fraction of sp³-hybridized carbons (Fsp3) is 0.188. The van der Waals surface area contributed by atoms with Crippen LogP contribution in [0.5, 0.6) is 5.75 Å². The first-order valence-corrected chi connectivity index (χ1v) is 6.79. The fourth-order valence-corrected chi connectivity index (χ4v) is 2.05. The zero-order valence-electron chi connectivity index (χ0n) is 12.3. The summed E-state index contributed by atoms with van der Waals surface area (Å²) in [5.74, 6) is 1.56. The van der Waals surface area contributed by atoms with Crippen LogP contribution in [0.3, 0.4) is 0 Å². The highest BCUT2D eigenvalue weighted by Crippen LogP contribution is 2.21. The quantitative estimate of drug-likeness (QED) is 0.738. The number of hydrogen-bond donors (Lipinski definition) is 0. The van der Waals surface area contributed by atoms with E-state index in [9.17, 15) is 4.79 Å². The zero-order chi connectivity index (χ0) is 15.5. The van der Waals surface area contributed by atoms with Crippen LogP contribution in [0.15, 0.2) is 51.8 Å². The van der Waals surface area contributed by atoms with Gasteiger partial charge in [0.05, 0.1) is 7.11 Å². The summed E-state index contributed by atoms with van der Waals surface area (Å²) in [6.07, 6.45) is 1.72. The van der Waals surface area contributed by atoms with Crippen molar-refractivity contribution in [2.75, 3.05) is 7.11 Å². The lowest BCUT2D eigenvalue weighted by Gasteiger charge is -2.02. The Balaban J connectivity index is 1.82. The topological polar surface area (TPSA) is 70.2 Å². The minimum atomic E-state index is -0.0933. The van der Waals surface area contributed by atoms with Crippen LogP contribution in [0.25, 0.3) is 11.5 Å². The maximum Gasteiger partial charge on any atom is 0.251 e. The molecule has 0 radical (unpaired) electrons. The van der Waals surface area contributed by atoms with Gasteiger partial charge in [0.2, 0.25) is 11.8 Å². The third-order valence-electron chi connectivity index (χ3n) is 3.26. The third-order valence-corrected chi connectivity index (χ3v) is 3.26. The number of pyridine rings is 1. The van der Waals surface area contributed by atoms with Gasteiger partial charge in [-0.1, -0.05) is 0 Å². The number of nitrogens with zero attached hydrogens (tertiary/aromatic N) is 3. The van der Waals surface area contributed by atoms with Crippen LogP contribution in [0, 0.1) is 6.92 Å². The lowest BCUT2D eigenvalue weighted by molar-refractivity contribution is 0.415. The molecular formula is C16H15N3O3. The van der Waals surface area contributed by atoms with Gasteiger partial charge in [-0.05, 0) is 42.8 Å². The second-order valence-electron chi connectivity index (χ2n) is 4.90. The average molecular weight is 297 g/mol. The van der Waals surface area contributed by atoms with Crippen LogP contribution >= 0.6 is 0 Å². The summed E-state index contributed by atoms with van der Waals surface area (Å²) in [6, 6.07) is 10.8. The first kappa shape index (κ1) is 14.1. The van der Waals surface area contributed by atoms with Gasteiger partial charge in [0.25, 0.3) is 5.56 Å². The number of rotatable bonds is 4. The van der Waals surface area contributed by atoms with Crippen molar-refractivity contribution in [3.05, 3.63) is 64.4 Å². The molecular weight excluding hydrogens is 282 g/mol. The van der Waals surface area contributed by atoms with Crippen LogP contribution in [0.2, 0.25) is 0 Å².